The number of rotatable bonds is 47. The number of ketones is 7. The van der Waals surface area contributed by atoms with E-state index in [9.17, 15) is 139 Å². The summed E-state index contributed by atoms with van der Waals surface area (Å²) < 4.78 is 0. The Morgan fingerprint density at radius 3 is 0.500 bits per heavy atom. The fourth-order valence-electron chi connectivity index (χ4n) is 9.05. The van der Waals surface area contributed by atoms with Crippen molar-refractivity contribution in [3.8, 4) is 0 Å². The third-order valence-electron chi connectivity index (χ3n) is 14.9. The molecule has 0 aliphatic rings. The van der Waals surface area contributed by atoms with Gasteiger partial charge in [0.2, 0.25) is 41.4 Å². The number of hydrogen-bond acceptors (Lipinski definition) is 28. The molecule has 21 unspecified atom stereocenters. The Bertz CT molecular complexity index is 2510. The summed E-state index contributed by atoms with van der Waals surface area (Å²) in [4.78, 5) is 185. The molecule has 0 rings (SSSR count). The molecular formula is C57H95N7O28. The second-order valence-corrected chi connectivity index (χ2v) is 23.1. The molecule has 526 valence electrons. The van der Waals surface area contributed by atoms with Crippen molar-refractivity contribution >= 4 is 81.8 Å². The average Bonchev–Trinajstić information content (AvgIpc) is 1.15. The normalized spacial score (nSPS) is 18.4. The van der Waals surface area contributed by atoms with Gasteiger partial charge in [0.15, 0.2) is 40.5 Å². The van der Waals surface area contributed by atoms with E-state index in [1.54, 1.807) is 0 Å². The van der Waals surface area contributed by atoms with Crippen LogP contribution in [0.15, 0.2) is 0 Å². The second-order valence-electron chi connectivity index (χ2n) is 23.1. The van der Waals surface area contributed by atoms with Crippen LogP contribution < -0.4 is 37.2 Å². The molecule has 0 aromatic heterocycles. The number of aliphatic hydroxyl groups is 14. The summed E-state index contributed by atoms with van der Waals surface area (Å²) in [6.07, 6.45) is -17.3. The van der Waals surface area contributed by atoms with Gasteiger partial charge in [0.1, 0.15) is 42.3 Å². The maximum Gasteiger partial charge on any atom is 0.226 e. The number of amides is 7. The minimum absolute atomic E-state index is 0.607. The number of hydrogen-bond donors (Lipinski definition) is 21. The van der Waals surface area contributed by atoms with Crippen LogP contribution in [0.25, 0.3) is 0 Å². The molecular weight excluding hydrogens is 1230 g/mol. The topological polar surface area (TPSA) is 606 Å². The van der Waals surface area contributed by atoms with Gasteiger partial charge >= 0.3 is 0 Å². The van der Waals surface area contributed by atoms with Crippen molar-refractivity contribution in [2.45, 2.75) is 186 Å². The van der Waals surface area contributed by atoms with Crippen LogP contribution in [-0.2, 0) is 67.1 Å². The maximum atomic E-state index is 13.6. The Morgan fingerprint density at radius 2 is 0.380 bits per heavy atom. The third kappa shape index (κ3) is 27.5. The van der Waals surface area contributed by atoms with E-state index in [0.29, 0.717) is 0 Å². The molecule has 0 bridgehead atoms. The first kappa shape index (κ1) is 85.4. The van der Waals surface area contributed by atoms with Crippen LogP contribution in [0.1, 0.15) is 101 Å². The molecule has 92 heavy (non-hydrogen) atoms. The predicted molar refractivity (Wildman–Crippen MR) is 313 cm³/mol. The van der Waals surface area contributed by atoms with Crippen molar-refractivity contribution < 1.29 is 139 Å². The van der Waals surface area contributed by atoms with Crippen LogP contribution in [0.3, 0.4) is 0 Å². The second kappa shape index (κ2) is 41.9. The van der Waals surface area contributed by atoms with Gasteiger partial charge in [0.25, 0.3) is 0 Å². The lowest BCUT2D eigenvalue weighted by molar-refractivity contribution is -0.140. The van der Waals surface area contributed by atoms with Crippen LogP contribution in [-0.4, -0.2) is 285 Å². The molecule has 21 atom stereocenters. The molecule has 0 aliphatic carbocycles. The molecule has 0 aliphatic heterocycles. The molecule has 35 nitrogen and oxygen atoms in total. The van der Waals surface area contributed by atoms with E-state index in [-0.39, 0.29) is 0 Å². The quantitative estimate of drug-likeness (QED) is 0.0269. The van der Waals surface area contributed by atoms with Gasteiger partial charge in [-0.25, -0.2) is 0 Å². The highest BCUT2D eigenvalue weighted by Gasteiger charge is 2.41. The van der Waals surface area contributed by atoms with Crippen molar-refractivity contribution in [1.82, 2.24) is 37.2 Å². The Labute approximate surface area is 529 Å². The van der Waals surface area contributed by atoms with Gasteiger partial charge in [-0.1, -0.05) is 6.92 Å². The maximum absolute atomic E-state index is 13.6. The smallest absolute Gasteiger partial charge is 0.226 e. The number of Topliss-reactive ketones (excluding diaryl/α,β-unsaturated/α-hetero) is 7. The minimum Gasteiger partial charge on any atom is -0.396 e. The summed E-state index contributed by atoms with van der Waals surface area (Å²) >= 11 is 0. The first-order chi connectivity index (χ1) is 42.7. The summed E-state index contributed by atoms with van der Waals surface area (Å²) in [5.74, 6) is -26.7. The first-order valence-electron chi connectivity index (χ1n) is 29.6. The molecule has 35 heteroatoms. The zero-order valence-electron chi connectivity index (χ0n) is 52.8. The van der Waals surface area contributed by atoms with E-state index in [1.807, 2.05) is 0 Å². The zero-order valence-corrected chi connectivity index (χ0v) is 52.8. The summed E-state index contributed by atoms with van der Waals surface area (Å²) in [6.45, 7) is 2.69. The lowest BCUT2D eigenvalue weighted by Gasteiger charge is -2.28. The minimum atomic E-state index is -1.96. The number of aliphatic hydroxyl groups excluding tert-OH is 14. The molecule has 0 saturated carbocycles. The van der Waals surface area contributed by atoms with E-state index < -0.39 is 293 Å². The van der Waals surface area contributed by atoms with Crippen LogP contribution >= 0.6 is 0 Å². The fourth-order valence-corrected chi connectivity index (χ4v) is 9.05. The van der Waals surface area contributed by atoms with Crippen molar-refractivity contribution in [3.63, 3.8) is 0 Å². The third-order valence-corrected chi connectivity index (χ3v) is 14.9. The largest absolute Gasteiger partial charge is 0.396 e. The van der Waals surface area contributed by atoms with Crippen LogP contribution in [0, 0.1) is 41.4 Å². The van der Waals surface area contributed by atoms with Crippen molar-refractivity contribution in [1.29, 1.82) is 0 Å². The van der Waals surface area contributed by atoms with Crippen LogP contribution in [0.4, 0.5) is 0 Å². The standard InChI is InChI=1S/C57H95N7O28/c1-23(16-65)51(86)59-45(26(4)74)38(80)11-33(18-67)53(88)61-47(28(6)76)40(82)13-35(20-69)55(90)63-49(30(8)78)42(84)15-37(22-71)57(92)64-50(31(9)79)43(85)14-36(21-70)56(91)62-48(29(7)77)41(83)12-34(19-68)54(89)60-46(27(5)75)39(81)10-32(17-66)52(87)58-44(24(2)72)25(3)73/h23-24,26-37,44-50,65-72,74-79H,10-22H2,1-9H3,(H,58,87)(H,59,86)(H,60,89)(H,61,88)(H,62,91)(H,63,90)(H,64,92). The van der Waals surface area contributed by atoms with Gasteiger partial charge in [-0.2, -0.15) is 0 Å². The van der Waals surface area contributed by atoms with E-state index in [0.717, 1.165) is 48.5 Å². The lowest BCUT2D eigenvalue weighted by Crippen LogP contribution is -2.55. The molecule has 0 radical (unpaired) electrons. The van der Waals surface area contributed by atoms with Gasteiger partial charge in [0.05, 0.1) is 130 Å². The highest BCUT2D eigenvalue weighted by atomic mass is 16.3. The Morgan fingerprint density at radius 1 is 0.239 bits per heavy atom. The summed E-state index contributed by atoms with van der Waals surface area (Å²) in [7, 11) is 0. The number of carbonyl (C=O) groups is 14. The molecule has 21 N–H and O–H groups in total. The van der Waals surface area contributed by atoms with Crippen molar-refractivity contribution in [2.24, 2.45) is 41.4 Å². The number of carbonyl (C=O) groups excluding carboxylic acids is 14. The van der Waals surface area contributed by atoms with Gasteiger partial charge in [0, 0.05) is 38.5 Å². The van der Waals surface area contributed by atoms with Crippen molar-refractivity contribution in [2.75, 3.05) is 46.2 Å². The predicted octanol–water partition coefficient (Wildman–Crippen LogP) is -10.3. The zero-order chi connectivity index (χ0) is 71.3. The van der Waals surface area contributed by atoms with E-state index in [1.165, 1.54) is 13.8 Å². The lowest BCUT2D eigenvalue weighted by atomic mass is 9.91. The first-order valence-corrected chi connectivity index (χ1v) is 29.6. The van der Waals surface area contributed by atoms with Gasteiger partial charge in [-0.15, -0.1) is 0 Å². The Kier molecular flexibility index (Phi) is 38.9. The molecule has 0 aromatic carbocycles. The fraction of sp³-hybridized carbons (Fsp3) is 0.754. The molecule has 0 fully saturated rings. The summed E-state index contributed by atoms with van der Waals surface area (Å²) in [5.41, 5.74) is 0. The number of nitrogens with one attached hydrogen (secondary N) is 7. The highest BCUT2D eigenvalue weighted by molar-refractivity contribution is 6.00. The Balaban J connectivity index is 6.17. The van der Waals surface area contributed by atoms with Crippen LogP contribution in [0.5, 0.6) is 0 Å². The van der Waals surface area contributed by atoms with Gasteiger partial charge < -0.3 is 109 Å². The van der Waals surface area contributed by atoms with Crippen LogP contribution in [0.2, 0.25) is 0 Å². The van der Waals surface area contributed by atoms with Gasteiger partial charge in [-0.3, -0.25) is 67.1 Å². The summed E-state index contributed by atoms with van der Waals surface area (Å²) in [6, 6.07) is -12.5. The average molecular weight is 1330 g/mol. The SMILES string of the molecule is CC(=O)C(NC(=O)C(CO)CC(=O)C(NC(=O)C(CO)CC(=O)C(NC(=O)C(CO)CC(=O)C(NC(=O)C(CO)CC(=O)C(NC(=O)C(CO)CC(=O)C(NC(=O)C(CO)CC(=O)C(NC(=O)C(C)CO)C(C)O)C(C)O)C(C)O)C(C)O)C(C)O)C(C)O)C(C)O. The molecule has 0 spiro atoms. The summed E-state index contributed by atoms with van der Waals surface area (Å²) in [5, 5.41) is 157. The molecule has 0 saturated heterocycles. The highest BCUT2D eigenvalue weighted by Crippen LogP contribution is 2.19. The van der Waals surface area contributed by atoms with Gasteiger partial charge in [-0.05, 0) is 55.4 Å². The van der Waals surface area contributed by atoms with Crippen molar-refractivity contribution in [3.05, 3.63) is 0 Å². The van der Waals surface area contributed by atoms with E-state index >= 15 is 0 Å². The molecule has 0 heterocycles. The van der Waals surface area contributed by atoms with E-state index in [2.05, 4.69) is 37.2 Å². The molecule has 7 amide bonds. The van der Waals surface area contributed by atoms with E-state index in [4.69, 9.17) is 0 Å². The monoisotopic (exact) mass is 1330 g/mol. The molecule has 0 aromatic rings. The Hall–Kier alpha value is -6.58.